The number of Topliss-reactive ketones (excluding diaryl/α,β-unsaturated/α-hetero) is 1. The first-order chi connectivity index (χ1) is 11.6. The van der Waals surface area contributed by atoms with E-state index in [2.05, 4.69) is 22.3 Å². The summed E-state index contributed by atoms with van der Waals surface area (Å²) in [5.74, 6) is 1.21. The maximum absolute atomic E-state index is 12.8. The van der Waals surface area contributed by atoms with E-state index in [4.69, 9.17) is 11.6 Å². The molecule has 4 rings (SSSR count). The molecule has 1 N–H and O–H groups in total. The van der Waals surface area contributed by atoms with E-state index < -0.39 is 0 Å². The number of nitrogens with zero attached hydrogens (tertiary/aromatic N) is 3. The molecule has 1 aliphatic carbocycles. The van der Waals surface area contributed by atoms with Crippen molar-refractivity contribution in [2.24, 2.45) is 5.92 Å². The summed E-state index contributed by atoms with van der Waals surface area (Å²) in [5.41, 5.74) is 2.78. The Kier molecular flexibility index (Phi) is 3.89. The van der Waals surface area contributed by atoms with Crippen LogP contribution < -0.4 is 5.32 Å². The Morgan fingerprint density at radius 1 is 1.29 bits per heavy atom. The van der Waals surface area contributed by atoms with E-state index in [9.17, 15) is 4.79 Å². The molecule has 2 atom stereocenters. The lowest BCUT2D eigenvalue weighted by Crippen LogP contribution is -2.33. The van der Waals surface area contributed by atoms with E-state index in [-0.39, 0.29) is 11.8 Å². The van der Waals surface area contributed by atoms with E-state index in [1.807, 2.05) is 35.2 Å². The molecule has 2 aromatic rings. The Morgan fingerprint density at radius 2 is 2.04 bits per heavy atom. The van der Waals surface area contributed by atoms with Gasteiger partial charge in [0.25, 0.3) is 0 Å². The van der Waals surface area contributed by atoms with Crippen LogP contribution in [0.25, 0.3) is 0 Å². The maximum atomic E-state index is 12.8. The number of benzene rings is 1. The van der Waals surface area contributed by atoms with Crippen LogP contribution in [-0.2, 0) is 4.79 Å². The van der Waals surface area contributed by atoms with Crippen molar-refractivity contribution in [3.63, 3.8) is 0 Å². The minimum Gasteiger partial charge on any atom is -0.328 e. The number of nitrogens with one attached hydrogen (secondary N) is 1. The third-order valence-corrected chi connectivity index (χ3v) is 5.26. The van der Waals surface area contributed by atoms with Gasteiger partial charge in [-0.25, -0.2) is 4.68 Å². The largest absolute Gasteiger partial charge is 0.328 e. The van der Waals surface area contributed by atoms with Crippen LogP contribution in [0.15, 0.2) is 40.7 Å². The Labute approximate surface area is 149 Å². The van der Waals surface area contributed by atoms with Crippen LogP contribution >= 0.6 is 23.4 Å². The van der Waals surface area contributed by atoms with Gasteiger partial charge in [-0.3, -0.25) is 4.79 Å². The van der Waals surface area contributed by atoms with Crippen LogP contribution in [0.4, 0.5) is 5.95 Å². The van der Waals surface area contributed by atoms with Crippen LogP contribution in [0, 0.1) is 5.92 Å². The van der Waals surface area contributed by atoms with Crippen molar-refractivity contribution >= 4 is 35.1 Å². The van der Waals surface area contributed by atoms with E-state index >= 15 is 0 Å². The number of anilines is 1. The average molecular weight is 361 g/mol. The lowest BCUT2D eigenvalue weighted by atomic mass is 9.81. The number of fused-ring (bicyclic) bond motifs is 1. The van der Waals surface area contributed by atoms with E-state index in [0.717, 1.165) is 23.3 Å². The number of hydrogen-bond donors (Lipinski definition) is 1. The normalized spacial score (nSPS) is 22.9. The first kappa shape index (κ1) is 15.7. The third-order valence-electron chi connectivity index (χ3n) is 4.47. The van der Waals surface area contributed by atoms with Gasteiger partial charge in [-0.15, -0.1) is 5.10 Å². The zero-order valence-corrected chi connectivity index (χ0v) is 15.0. The fourth-order valence-electron chi connectivity index (χ4n) is 3.43. The molecule has 1 aromatic carbocycles. The number of aromatic nitrogens is 3. The van der Waals surface area contributed by atoms with E-state index in [1.165, 1.54) is 11.8 Å². The lowest BCUT2D eigenvalue weighted by molar-refractivity contribution is -0.117. The van der Waals surface area contributed by atoms with Gasteiger partial charge in [0, 0.05) is 22.7 Å². The number of hydrogen-bond acceptors (Lipinski definition) is 5. The quantitative estimate of drug-likeness (QED) is 0.822. The summed E-state index contributed by atoms with van der Waals surface area (Å²) >= 11 is 7.52. The molecule has 0 saturated heterocycles. The van der Waals surface area contributed by atoms with Crippen LogP contribution in [0.5, 0.6) is 0 Å². The zero-order valence-electron chi connectivity index (χ0n) is 13.4. The number of carbonyl (C=O) groups is 1. The van der Waals surface area contributed by atoms with Gasteiger partial charge in [0.1, 0.15) is 6.04 Å². The van der Waals surface area contributed by atoms with Gasteiger partial charge in [0.2, 0.25) is 11.1 Å². The molecule has 1 aromatic heterocycles. The molecule has 0 saturated carbocycles. The molecule has 0 unspecified atom stereocenters. The molecule has 7 heteroatoms. The fourth-order valence-corrected chi connectivity index (χ4v) is 3.90. The topological polar surface area (TPSA) is 59.8 Å². The monoisotopic (exact) mass is 360 g/mol. The summed E-state index contributed by atoms with van der Waals surface area (Å²) < 4.78 is 1.82. The van der Waals surface area contributed by atoms with Crippen molar-refractivity contribution in [2.45, 2.75) is 31.0 Å². The smallest absolute Gasteiger partial charge is 0.227 e. The van der Waals surface area contributed by atoms with E-state index in [1.54, 1.807) is 0 Å². The minimum atomic E-state index is -0.248. The SMILES string of the molecule is CSc1nc2n(n1)[C@H](c1ccc(Cl)cc1)C1=C(C[C@@H](C)CC1=O)N2. The van der Waals surface area contributed by atoms with Crippen molar-refractivity contribution < 1.29 is 4.79 Å². The van der Waals surface area contributed by atoms with Gasteiger partial charge in [-0.2, -0.15) is 4.98 Å². The molecule has 1 aliphatic heterocycles. The molecule has 0 bridgehead atoms. The van der Waals surface area contributed by atoms with Crippen LogP contribution in [-0.4, -0.2) is 26.8 Å². The highest BCUT2D eigenvalue weighted by atomic mass is 35.5. The molecule has 24 heavy (non-hydrogen) atoms. The molecular weight excluding hydrogens is 344 g/mol. The molecular formula is C17H17ClN4OS. The number of allylic oxidation sites excluding steroid dienone is 2. The predicted octanol–water partition coefficient (Wildman–Crippen LogP) is 3.92. The molecule has 2 heterocycles. The zero-order chi connectivity index (χ0) is 16.8. The van der Waals surface area contributed by atoms with Crippen LogP contribution in [0.2, 0.25) is 5.02 Å². The minimum absolute atomic E-state index is 0.183. The summed E-state index contributed by atoms with van der Waals surface area (Å²) in [6.07, 6.45) is 3.37. The van der Waals surface area contributed by atoms with Gasteiger partial charge in [0.15, 0.2) is 5.78 Å². The highest BCUT2D eigenvalue weighted by molar-refractivity contribution is 7.98. The second-order valence-corrected chi connectivity index (χ2v) is 7.48. The molecule has 0 radical (unpaired) electrons. The van der Waals surface area contributed by atoms with Gasteiger partial charge in [-0.05, 0) is 36.3 Å². The van der Waals surface area contributed by atoms with Gasteiger partial charge in [-0.1, -0.05) is 42.4 Å². The third kappa shape index (κ3) is 2.54. The highest BCUT2D eigenvalue weighted by Gasteiger charge is 2.38. The molecule has 0 amide bonds. The molecule has 2 aliphatic rings. The van der Waals surface area contributed by atoms with Gasteiger partial charge < -0.3 is 5.32 Å². The summed E-state index contributed by atoms with van der Waals surface area (Å²) in [4.78, 5) is 17.3. The second kappa shape index (κ2) is 5.93. The summed E-state index contributed by atoms with van der Waals surface area (Å²) in [6.45, 7) is 2.10. The second-order valence-electron chi connectivity index (χ2n) is 6.27. The highest BCUT2D eigenvalue weighted by Crippen LogP contribution is 2.41. The first-order valence-corrected chi connectivity index (χ1v) is 9.46. The van der Waals surface area contributed by atoms with Crippen molar-refractivity contribution in [3.8, 4) is 0 Å². The van der Waals surface area contributed by atoms with Crippen molar-refractivity contribution in [1.29, 1.82) is 0 Å². The number of thioether (sulfide) groups is 1. The summed E-state index contributed by atoms with van der Waals surface area (Å²) in [7, 11) is 0. The van der Waals surface area contributed by atoms with Crippen molar-refractivity contribution in [1.82, 2.24) is 14.8 Å². The van der Waals surface area contributed by atoms with Crippen LogP contribution in [0.3, 0.4) is 0 Å². The first-order valence-electron chi connectivity index (χ1n) is 7.86. The number of halogens is 1. The Morgan fingerprint density at radius 3 is 2.75 bits per heavy atom. The Bertz CT molecular complexity index is 843. The fraction of sp³-hybridized carbons (Fsp3) is 0.353. The molecule has 0 fully saturated rings. The molecule has 124 valence electrons. The molecule has 0 spiro atoms. The summed E-state index contributed by atoms with van der Waals surface area (Å²) in [5, 5.41) is 9.28. The average Bonchev–Trinajstić information content (AvgIpc) is 2.96. The predicted molar refractivity (Wildman–Crippen MR) is 95.4 cm³/mol. The summed E-state index contributed by atoms with van der Waals surface area (Å²) in [6, 6.07) is 7.36. The number of ketones is 1. The van der Waals surface area contributed by atoms with Gasteiger partial charge >= 0.3 is 0 Å². The Balaban J connectivity index is 1.90. The van der Waals surface area contributed by atoms with Crippen molar-refractivity contribution in [3.05, 3.63) is 46.1 Å². The number of carbonyl (C=O) groups excluding carboxylic acids is 1. The maximum Gasteiger partial charge on any atom is 0.227 e. The molecule has 5 nitrogen and oxygen atoms in total. The Hall–Kier alpha value is -1.79. The van der Waals surface area contributed by atoms with Crippen molar-refractivity contribution in [2.75, 3.05) is 11.6 Å². The van der Waals surface area contributed by atoms with Gasteiger partial charge in [0.05, 0.1) is 0 Å². The standard InChI is InChI=1S/C17H17ClN4OS/c1-9-7-12-14(13(23)8-9)15(10-3-5-11(18)6-4-10)22-16(19-12)20-17(21-22)24-2/h3-6,9,15H,7-8H2,1-2H3,(H,19,20,21)/t9-,15-/m1/s1. The van der Waals surface area contributed by atoms with E-state index in [0.29, 0.717) is 28.5 Å². The number of rotatable bonds is 2. The lowest BCUT2D eigenvalue weighted by Gasteiger charge is -2.34. The van der Waals surface area contributed by atoms with Crippen LogP contribution in [0.1, 0.15) is 31.4 Å².